The minimum atomic E-state index is -0.220. The highest BCUT2D eigenvalue weighted by atomic mass is 79.9. The van der Waals surface area contributed by atoms with E-state index in [4.69, 9.17) is 19.2 Å². The Hall–Kier alpha value is -2.87. The number of hydrogen-bond acceptors (Lipinski definition) is 6. The molecule has 8 heteroatoms. The molecule has 1 aromatic heterocycles. The fraction of sp³-hybridized carbons (Fsp3) is 0.286. The zero-order valence-corrected chi connectivity index (χ0v) is 17.9. The average Bonchev–Trinajstić information content (AvgIpc) is 3.19. The molecule has 7 nitrogen and oxygen atoms in total. The summed E-state index contributed by atoms with van der Waals surface area (Å²) in [6, 6.07) is 9.00. The predicted octanol–water partition coefficient (Wildman–Crippen LogP) is 4.29. The van der Waals surface area contributed by atoms with Crippen LogP contribution < -0.4 is 19.8 Å². The van der Waals surface area contributed by atoms with Gasteiger partial charge >= 0.3 is 0 Å². The number of methoxy groups -OCH3 is 1. The molecule has 0 unspecified atom stereocenters. The van der Waals surface area contributed by atoms with Crippen molar-refractivity contribution in [3.05, 3.63) is 56.5 Å². The van der Waals surface area contributed by atoms with Crippen LogP contribution in [-0.4, -0.2) is 29.8 Å². The van der Waals surface area contributed by atoms with Gasteiger partial charge in [-0.15, -0.1) is 0 Å². The molecule has 29 heavy (non-hydrogen) atoms. The molecule has 1 atom stereocenters. The van der Waals surface area contributed by atoms with Crippen molar-refractivity contribution in [2.75, 3.05) is 13.9 Å². The molecule has 1 aliphatic rings. The van der Waals surface area contributed by atoms with Gasteiger partial charge in [-0.2, -0.15) is 9.78 Å². The Labute approximate surface area is 176 Å². The monoisotopic (exact) mass is 457 g/mol. The maximum absolute atomic E-state index is 13.2. The highest BCUT2D eigenvalue weighted by molar-refractivity contribution is 9.10. The highest BCUT2D eigenvalue weighted by Gasteiger charge is 2.18. The van der Waals surface area contributed by atoms with Gasteiger partial charge in [0.15, 0.2) is 11.5 Å². The Morgan fingerprint density at radius 3 is 2.79 bits per heavy atom. The van der Waals surface area contributed by atoms with Crippen molar-refractivity contribution < 1.29 is 14.2 Å². The smallest absolute Gasteiger partial charge is 0.282 e. The number of ether oxygens (including phenoxy) is 3. The van der Waals surface area contributed by atoms with Crippen LogP contribution in [0.4, 0.5) is 0 Å². The van der Waals surface area contributed by atoms with Crippen LogP contribution in [0.3, 0.4) is 0 Å². The molecule has 0 radical (unpaired) electrons. The molecule has 0 saturated heterocycles. The zero-order chi connectivity index (χ0) is 20.5. The Kier molecular flexibility index (Phi) is 5.27. The highest BCUT2D eigenvalue weighted by Crippen LogP contribution is 2.37. The Morgan fingerprint density at radius 1 is 1.31 bits per heavy atom. The molecule has 3 aromatic rings. The Balaban J connectivity index is 1.87. The summed E-state index contributed by atoms with van der Waals surface area (Å²) in [4.78, 5) is 17.9. The average molecular weight is 458 g/mol. The second-order valence-corrected chi connectivity index (χ2v) is 7.67. The minimum Gasteiger partial charge on any atom is -0.496 e. The van der Waals surface area contributed by atoms with Crippen molar-refractivity contribution >= 4 is 33.0 Å². The van der Waals surface area contributed by atoms with Crippen LogP contribution in [0.15, 0.2) is 44.7 Å². The molecule has 0 bridgehead atoms. The van der Waals surface area contributed by atoms with E-state index in [-0.39, 0.29) is 18.3 Å². The van der Waals surface area contributed by atoms with Gasteiger partial charge in [0, 0.05) is 22.0 Å². The van der Waals surface area contributed by atoms with Gasteiger partial charge < -0.3 is 14.2 Å². The van der Waals surface area contributed by atoms with E-state index in [0.29, 0.717) is 39.5 Å². The van der Waals surface area contributed by atoms with Crippen LogP contribution >= 0.6 is 15.9 Å². The summed E-state index contributed by atoms with van der Waals surface area (Å²) < 4.78 is 18.4. The van der Waals surface area contributed by atoms with Crippen molar-refractivity contribution in [3.63, 3.8) is 0 Å². The number of fused-ring (bicyclic) bond motifs is 2. The van der Waals surface area contributed by atoms with Crippen LogP contribution in [0.2, 0.25) is 0 Å². The first kappa shape index (κ1) is 19.4. The van der Waals surface area contributed by atoms with Crippen LogP contribution in [-0.2, 0) is 0 Å². The van der Waals surface area contributed by atoms with Gasteiger partial charge in [0.2, 0.25) is 6.79 Å². The lowest BCUT2D eigenvalue weighted by Crippen LogP contribution is -2.23. The second kappa shape index (κ2) is 7.87. The van der Waals surface area contributed by atoms with Gasteiger partial charge in [0.25, 0.3) is 5.56 Å². The molecule has 2 aromatic carbocycles. The second-order valence-electron chi connectivity index (χ2n) is 6.75. The normalized spacial score (nSPS) is 13.9. The fourth-order valence-electron chi connectivity index (χ4n) is 3.12. The first-order valence-electron chi connectivity index (χ1n) is 9.26. The van der Waals surface area contributed by atoms with Gasteiger partial charge in [-0.05, 0) is 30.7 Å². The van der Waals surface area contributed by atoms with Gasteiger partial charge in [0.05, 0.1) is 24.2 Å². The maximum atomic E-state index is 13.2. The van der Waals surface area contributed by atoms with E-state index in [0.717, 1.165) is 10.9 Å². The molecule has 0 spiro atoms. The van der Waals surface area contributed by atoms with Crippen molar-refractivity contribution in [1.29, 1.82) is 0 Å². The van der Waals surface area contributed by atoms with Gasteiger partial charge in [-0.1, -0.05) is 29.8 Å². The molecular formula is C21H20BrN3O4. The van der Waals surface area contributed by atoms with Crippen LogP contribution in [0.5, 0.6) is 17.2 Å². The first-order valence-corrected chi connectivity index (χ1v) is 10.0. The van der Waals surface area contributed by atoms with Gasteiger partial charge in [0.1, 0.15) is 11.6 Å². The third-order valence-electron chi connectivity index (χ3n) is 4.92. The molecule has 2 heterocycles. The third kappa shape index (κ3) is 3.60. The lowest BCUT2D eigenvalue weighted by atomic mass is 10.1. The van der Waals surface area contributed by atoms with Crippen LogP contribution in [0, 0.1) is 0 Å². The lowest BCUT2D eigenvalue weighted by molar-refractivity contribution is 0.174. The van der Waals surface area contributed by atoms with E-state index in [1.165, 1.54) is 4.68 Å². The van der Waals surface area contributed by atoms with Crippen molar-refractivity contribution in [2.45, 2.75) is 26.2 Å². The maximum Gasteiger partial charge on any atom is 0.282 e. The van der Waals surface area contributed by atoms with Crippen LogP contribution in [0.1, 0.15) is 37.6 Å². The minimum absolute atomic E-state index is 0.0616. The summed E-state index contributed by atoms with van der Waals surface area (Å²) in [5.74, 6) is 2.48. The molecule has 0 N–H and O–H groups in total. The van der Waals surface area contributed by atoms with E-state index in [1.54, 1.807) is 31.5 Å². The Bertz CT molecular complexity index is 1170. The van der Waals surface area contributed by atoms with Gasteiger partial charge in [-0.25, -0.2) is 4.98 Å². The number of rotatable bonds is 5. The van der Waals surface area contributed by atoms with Crippen molar-refractivity contribution in [2.24, 2.45) is 5.10 Å². The topological polar surface area (TPSA) is 74.9 Å². The lowest BCUT2D eigenvalue weighted by Gasteiger charge is -2.14. The molecule has 150 valence electrons. The number of nitrogens with zero attached hydrogens (tertiary/aromatic N) is 3. The number of aromatic nitrogens is 2. The molecule has 0 saturated carbocycles. The fourth-order valence-corrected chi connectivity index (χ4v) is 3.48. The number of hydrogen-bond donors (Lipinski definition) is 0. The predicted molar refractivity (Wildman–Crippen MR) is 115 cm³/mol. The first-order chi connectivity index (χ1) is 14.0. The standard InChI is InChI=1S/C21H20BrN3O4/c1-4-12(2)20-24-16-6-5-14(22)8-15(16)21(26)25(20)23-10-13-7-18-19(29-11-28-18)9-17(13)27-3/h5-10,12H,4,11H2,1-3H3/t12-/m0/s1. The molecule has 0 aliphatic carbocycles. The number of halogens is 1. The van der Waals surface area contributed by atoms with E-state index in [9.17, 15) is 4.79 Å². The Morgan fingerprint density at radius 2 is 2.07 bits per heavy atom. The SMILES string of the molecule is CC[C@H](C)c1nc2ccc(Br)cc2c(=O)n1N=Cc1cc2c(cc1OC)OCO2. The summed E-state index contributed by atoms with van der Waals surface area (Å²) in [7, 11) is 1.57. The van der Waals surface area contributed by atoms with E-state index >= 15 is 0 Å². The third-order valence-corrected chi connectivity index (χ3v) is 5.42. The largest absolute Gasteiger partial charge is 0.496 e. The van der Waals surface area contributed by atoms with Gasteiger partial charge in [-0.3, -0.25) is 4.79 Å². The summed E-state index contributed by atoms with van der Waals surface area (Å²) in [5, 5.41) is 4.99. The number of benzene rings is 2. The van der Waals surface area contributed by atoms with Crippen molar-refractivity contribution in [1.82, 2.24) is 9.66 Å². The van der Waals surface area contributed by atoms with Crippen LogP contribution in [0.25, 0.3) is 10.9 Å². The zero-order valence-electron chi connectivity index (χ0n) is 16.3. The summed E-state index contributed by atoms with van der Waals surface area (Å²) in [6.45, 7) is 4.25. The summed E-state index contributed by atoms with van der Waals surface area (Å²) in [5.41, 5.74) is 1.11. The summed E-state index contributed by atoms with van der Waals surface area (Å²) >= 11 is 3.42. The molecule has 1 aliphatic heterocycles. The van der Waals surface area contributed by atoms with E-state index in [1.807, 2.05) is 19.1 Å². The molecular weight excluding hydrogens is 438 g/mol. The molecule has 0 fully saturated rings. The van der Waals surface area contributed by atoms with Crippen molar-refractivity contribution in [3.8, 4) is 17.2 Å². The van der Waals surface area contributed by atoms with E-state index < -0.39 is 0 Å². The molecule has 0 amide bonds. The quantitative estimate of drug-likeness (QED) is 0.534. The molecule has 4 rings (SSSR count). The van der Waals surface area contributed by atoms with E-state index in [2.05, 4.69) is 28.0 Å². The summed E-state index contributed by atoms with van der Waals surface area (Å²) in [6.07, 6.45) is 2.41.